The second kappa shape index (κ2) is 7.88. The van der Waals surface area contributed by atoms with Crippen LogP contribution in [0.3, 0.4) is 0 Å². The Morgan fingerprint density at radius 1 is 1.11 bits per heavy atom. The molecule has 0 radical (unpaired) electrons. The molecule has 0 aliphatic rings. The molecule has 2 unspecified atom stereocenters. The van der Waals surface area contributed by atoms with Crippen molar-refractivity contribution < 1.29 is 0 Å². The Hall–Kier alpha value is -0.570. The van der Waals surface area contributed by atoms with E-state index < -0.39 is 0 Å². The Morgan fingerprint density at radius 2 is 1.68 bits per heavy atom. The SMILES string of the molecule is CC(C)CC(CN(C)C)NC(C)c1ccc(Cl)cc1. The zero-order valence-corrected chi connectivity index (χ0v) is 13.5. The van der Waals surface area contributed by atoms with Crippen molar-refractivity contribution in [3.63, 3.8) is 0 Å². The van der Waals surface area contributed by atoms with E-state index in [0.717, 1.165) is 11.6 Å². The third-order valence-electron chi connectivity index (χ3n) is 3.20. The lowest BCUT2D eigenvalue weighted by Gasteiger charge is -2.27. The molecule has 0 bridgehead atoms. The van der Waals surface area contributed by atoms with Crippen LogP contribution in [0.2, 0.25) is 5.02 Å². The number of nitrogens with one attached hydrogen (secondary N) is 1. The minimum atomic E-state index is 0.348. The Kier molecular flexibility index (Phi) is 6.84. The molecule has 108 valence electrons. The molecule has 0 fully saturated rings. The molecular formula is C16H27ClN2. The van der Waals surface area contributed by atoms with Gasteiger partial charge in [-0.05, 0) is 51.1 Å². The number of likely N-dealkylation sites (N-methyl/N-ethyl adjacent to an activating group) is 1. The normalized spacial score (nSPS) is 14.9. The Morgan fingerprint density at radius 3 is 2.16 bits per heavy atom. The van der Waals surface area contributed by atoms with Crippen LogP contribution >= 0.6 is 11.6 Å². The minimum absolute atomic E-state index is 0.348. The van der Waals surface area contributed by atoms with Gasteiger partial charge >= 0.3 is 0 Å². The Balaban J connectivity index is 2.63. The van der Waals surface area contributed by atoms with Crippen LogP contribution in [0.25, 0.3) is 0 Å². The number of hydrogen-bond donors (Lipinski definition) is 1. The molecule has 0 amide bonds. The first kappa shape index (κ1) is 16.5. The minimum Gasteiger partial charge on any atom is -0.308 e. The average Bonchev–Trinajstić information content (AvgIpc) is 2.27. The van der Waals surface area contributed by atoms with E-state index in [0.29, 0.717) is 18.0 Å². The number of hydrogen-bond acceptors (Lipinski definition) is 2. The molecule has 0 aliphatic heterocycles. The zero-order chi connectivity index (χ0) is 14.4. The molecule has 1 aromatic rings. The summed E-state index contributed by atoms with van der Waals surface area (Å²) in [4.78, 5) is 2.24. The van der Waals surface area contributed by atoms with Gasteiger partial charge in [-0.25, -0.2) is 0 Å². The van der Waals surface area contributed by atoms with Crippen molar-refractivity contribution in [3.8, 4) is 0 Å². The highest BCUT2D eigenvalue weighted by Gasteiger charge is 2.15. The molecule has 1 rings (SSSR count). The van der Waals surface area contributed by atoms with Gasteiger partial charge in [-0.2, -0.15) is 0 Å². The molecule has 2 atom stereocenters. The van der Waals surface area contributed by atoms with E-state index in [-0.39, 0.29) is 0 Å². The van der Waals surface area contributed by atoms with Crippen molar-refractivity contribution >= 4 is 11.6 Å². The van der Waals surface area contributed by atoms with Crippen LogP contribution in [0.4, 0.5) is 0 Å². The zero-order valence-electron chi connectivity index (χ0n) is 12.8. The summed E-state index contributed by atoms with van der Waals surface area (Å²) in [5.74, 6) is 0.704. The van der Waals surface area contributed by atoms with Crippen LogP contribution in [0, 0.1) is 5.92 Å². The molecule has 0 saturated carbocycles. The number of benzene rings is 1. The van der Waals surface area contributed by atoms with Crippen molar-refractivity contribution in [1.82, 2.24) is 10.2 Å². The molecule has 0 aliphatic carbocycles. The van der Waals surface area contributed by atoms with E-state index in [1.807, 2.05) is 12.1 Å². The fourth-order valence-electron chi connectivity index (χ4n) is 2.41. The maximum atomic E-state index is 5.93. The second-order valence-corrected chi connectivity index (χ2v) is 6.47. The van der Waals surface area contributed by atoms with Crippen LogP contribution in [-0.4, -0.2) is 31.6 Å². The van der Waals surface area contributed by atoms with Gasteiger partial charge in [0.05, 0.1) is 0 Å². The first-order valence-electron chi connectivity index (χ1n) is 7.04. The van der Waals surface area contributed by atoms with Gasteiger partial charge in [-0.1, -0.05) is 37.6 Å². The van der Waals surface area contributed by atoms with Crippen LogP contribution < -0.4 is 5.32 Å². The van der Waals surface area contributed by atoms with E-state index in [2.05, 4.69) is 57.2 Å². The van der Waals surface area contributed by atoms with E-state index in [1.165, 1.54) is 12.0 Å². The molecule has 1 aromatic carbocycles. The van der Waals surface area contributed by atoms with Gasteiger partial charge in [-0.15, -0.1) is 0 Å². The van der Waals surface area contributed by atoms with Gasteiger partial charge in [0.2, 0.25) is 0 Å². The molecular weight excluding hydrogens is 256 g/mol. The molecule has 0 saturated heterocycles. The summed E-state index contributed by atoms with van der Waals surface area (Å²) in [5, 5.41) is 4.53. The lowest BCUT2D eigenvalue weighted by molar-refractivity contribution is 0.291. The standard InChI is InChI=1S/C16H27ClN2/c1-12(2)10-16(11-19(4)5)18-13(3)14-6-8-15(17)9-7-14/h6-9,12-13,16,18H,10-11H2,1-5H3. The average molecular weight is 283 g/mol. The smallest absolute Gasteiger partial charge is 0.0406 e. The van der Waals surface area contributed by atoms with Crippen molar-refractivity contribution in [2.45, 2.75) is 39.3 Å². The lowest BCUT2D eigenvalue weighted by Crippen LogP contribution is -2.40. The highest BCUT2D eigenvalue weighted by molar-refractivity contribution is 6.30. The largest absolute Gasteiger partial charge is 0.308 e. The number of nitrogens with zero attached hydrogens (tertiary/aromatic N) is 1. The van der Waals surface area contributed by atoms with Crippen LogP contribution in [0.5, 0.6) is 0 Å². The third-order valence-corrected chi connectivity index (χ3v) is 3.45. The van der Waals surface area contributed by atoms with Gasteiger partial charge in [-0.3, -0.25) is 0 Å². The summed E-state index contributed by atoms with van der Waals surface area (Å²) >= 11 is 5.93. The molecule has 1 N–H and O–H groups in total. The second-order valence-electron chi connectivity index (χ2n) is 6.03. The van der Waals surface area contributed by atoms with Crippen molar-refractivity contribution in [3.05, 3.63) is 34.9 Å². The Labute approximate surface area is 123 Å². The van der Waals surface area contributed by atoms with Crippen LogP contribution in [0.15, 0.2) is 24.3 Å². The molecule has 3 heteroatoms. The van der Waals surface area contributed by atoms with E-state index >= 15 is 0 Å². The maximum absolute atomic E-state index is 5.93. The highest BCUT2D eigenvalue weighted by atomic mass is 35.5. The fourth-order valence-corrected chi connectivity index (χ4v) is 2.53. The quantitative estimate of drug-likeness (QED) is 0.814. The maximum Gasteiger partial charge on any atom is 0.0406 e. The predicted octanol–water partition coefficient (Wildman–Crippen LogP) is 3.97. The first-order chi connectivity index (χ1) is 8.88. The van der Waals surface area contributed by atoms with E-state index in [4.69, 9.17) is 11.6 Å². The third kappa shape index (κ3) is 6.42. The van der Waals surface area contributed by atoms with Gasteiger partial charge in [0, 0.05) is 23.7 Å². The summed E-state index contributed by atoms with van der Waals surface area (Å²) in [6.45, 7) is 7.83. The van der Waals surface area contributed by atoms with Gasteiger partial charge < -0.3 is 10.2 Å². The van der Waals surface area contributed by atoms with Crippen LogP contribution in [-0.2, 0) is 0 Å². The molecule has 0 spiro atoms. The van der Waals surface area contributed by atoms with E-state index in [1.54, 1.807) is 0 Å². The van der Waals surface area contributed by atoms with Gasteiger partial charge in [0.25, 0.3) is 0 Å². The molecule has 0 heterocycles. The van der Waals surface area contributed by atoms with Gasteiger partial charge in [0.1, 0.15) is 0 Å². The monoisotopic (exact) mass is 282 g/mol. The summed E-state index contributed by atoms with van der Waals surface area (Å²) in [5.41, 5.74) is 1.29. The summed E-state index contributed by atoms with van der Waals surface area (Å²) in [7, 11) is 4.25. The van der Waals surface area contributed by atoms with Crippen LogP contribution in [0.1, 0.15) is 38.8 Å². The summed E-state index contributed by atoms with van der Waals surface area (Å²) in [6.07, 6.45) is 1.19. The van der Waals surface area contributed by atoms with Crippen molar-refractivity contribution in [2.75, 3.05) is 20.6 Å². The topological polar surface area (TPSA) is 15.3 Å². The lowest BCUT2D eigenvalue weighted by atomic mass is 10.0. The van der Waals surface area contributed by atoms with E-state index in [9.17, 15) is 0 Å². The molecule has 0 aromatic heterocycles. The highest BCUT2D eigenvalue weighted by Crippen LogP contribution is 2.18. The summed E-state index contributed by atoms with van der Waals surface area (Å²) in [6, 6.07) is 8.97. The molecule has 2 nitrogen and oxygen atoms in total. The Bertz CT molecular complexity index is 350. The summed E-state index contributed by atoms with van der Waals surface area (Å²) < 4.78 is 0. The van der Waals surface area contributed by atoms with Crippen molar-refractivity contribution in [1.29, 1.82) is 0 Å². The number of halogens is 1. The first-order valence-corrected chi connectivity index (χ1v) is 7.42. The fraction of sp³-hybridized carbons (Fsp3) is 0.625. The molecule has 19 heavy (non-hydrogen) atoms. The van der Waals surface area contributed by atoms with Crippen molar-refractivity contribution in [2.24, 2.45) is 5.92 Å². The predicted molar refractivity (Wildman–Crippen MR) is 84.8 cm³/mol. The number of rotatable bonds is 7. The van der Waals surface area contributed by atoms with Gasteiger partial charge in [0.15, 0.2) is 0 Å².